The van der Waals surface area contributed by atoms with Gasteiger partial charge in [-0.2, -0.15) is 0 Å². The van der Waals surface area contributed by atoms with Gasteiger partial charge in [0.1, 0.15) is 23.9 Å². The van der Waals surface area contributed by atoms with Crippen molar-refractivity contribution in [1.29, 1.82) is 0 Å². The van der Waals surface area contributed by atoms with E-state index in [0.29, 0.717) is 38.0 Å². The lowest BCUT2D eigenvalue weighted by atomic mass is 9.96. The Labute approximate surface area is 276 Å². The topological polar surface area (TPSA) is 146 Å². The van der Waals surface area contributed by atoms with Crippen molar-refractivity contribution in [2.24, 2.45) is 11.8 Å². The van der Waals surface area contributed by atoms with E-state index >= 15 is 0 Å². The van der Waals surface area contributed by atoms with Crippen LogP contribution in [0.3, 0.4) is 0 Å². The molecule has 1 fully saturated rings. The molecule has 1 aliphatic heterocycles. The zero-order valence-corrected chi connectivity index (χ0v) is 30.1. The number of aliphatic carboxylic acids is 1. The molecular formula is C34H56N4O7Si. The van der Waals surface area contributed by atoms with Gasteiger partial charge < -0.3 is 24.9 Å². The van der Waals surface area contributed by atoms with Crippen LogP contribution in [0.2, 0.25) is 18.1 Å². The predicted octanol–water partition coefficient (Wildman–Crippen LogP) is 4.44. The molecule has 1 aliphatic rings. The molecule has 1 heterocycles. The molecule has 0 bridgehead atoms. The molecule has 46 heavy (non-hydrogen) atoms. The Balaban J connectivity index is 2.36. The summed E-state index contributed by atoms with van der Waals surface area (Å²) in [4.78, 5) is 52.7. The third-order valence-corrected chi connectivity index (χ3v) is 13.4. The van der Waals surface area contributed by atoms with Crippen molar-refractivity contribution < 1.29 is 33.4 Å². The molecule has 0 aliphatic carbocycles. The van der Waals surface area contributed by atoms with Gasteiger partial charge in [-0.25, -0.2) is 5.43 Å². The largest absolute Gasteiger partial charge is 0.543 e. The van der Waals surface area contributed by atoms with Crippen LogP contribution < -0.4 is 20.5 Å². The number of benzene rings is 1. The highest BCUT2D eigenvalue weighted by atomic mass is 28.4. The van der Waals surface area contributed by atoms with E-state index in [4.69, 9.17) is 9.16 Å². The molecule has 1 saturated heterocycles. The maximum atomic E-state index is 13.9. The standard InChI is InChI=1S/C34H56N4O7Si/c1-11-12-18-28(44-8)23(4)30(39)36-29(22(2)3)31(40)35-27(32(41)38-19-14-17-26(37-38)33(42)43)21-24-15-13-16-25(20-24)45-46(9,10)34(5,6)7/h11,13,15-16,20,22-23,26-29,37H,1,12,14,17-19,21H2,2-10H3,(H,35,40)(H,36,39)(H,42,43)/t23-,26?,27?,28-,29?/m1/s1. The van der Waals surface area contributed by atoms with Crippen molar-refractivity contribution in [3.63, 3.8) is 0 Å². The fourth-order valence-corrected chi connectivity index (χ4v) is 6.06. The van der Waals surface area contributed by atoms with E-state index in [1.807, 2.05) is 38.1 Å². The average Bonchev–Trinajstić information content (AvgIpc) is 2.98. The van der Waals surface area contributed by atoms with Crippen LogP contribution in [0.5, 0.6) is 5.75 Å². The first kappa shape index (κ1) is 39.0. The van der Waals surface area contributed by atoms with E-state index < -0.39 is 50.1 Å². The molecule has 5 atom stereocenters. The minimum atomic E-state index is -2.14. The summed E-state index contributed by atoms with van der Waals surface area (Å²) in [5.41, 5.74) is 3.58. The van der Waals surface area contributed by atoms with Crippen LogP contribution in [0.15, 0.2) is 36.9 Å². The van der Waals surface area contributed by atoms with Crippen LogP contribution in [0.4, 0.5) is 0 Å². The van der Waals surface area contributed by atoms with E-state index in [9.17, 15) is 24.3 Å². The number of hydrogen-bond donors (Lipinski definition) is 4. The highest BCUT2D eigenvalue weighted by molar-refractivity contribution is 6.74. The predicted molar refractivity (Wildman–Crippen MR) is 182 cm³/mol. The molecule has 1 aromatic rings. The summed E-state index contributed by atoms with van der Waals surface area (Å²) >= 11 is 0. The van der Waals surface area contributed by atoms with Crippen molar-refractivity contribution in [2.45, 2.75) is 116 Å². The van der Waals surface area contributed by atoms with Gasteiger partial charge in [-0.15, -0.1) is 6.58 Å². The van der Waals surface area contributed by atoms with E-state index in [-0.39, 0.29) is 29.4 Å². The average molecular weight is 661 g/mol. The monoisotopic (exact) mass is 660 g/mol. The second kappa shape index (κ2) is 17.1. The number of carbonyl (C=O) groups excluding carboxylic acids is 3. The van der Waals surface area contributed by atoms with Gasteiger partial charge in [0, 0.05) is 20.1 Å². The van der Waals surface area contributed by atoms with Gasteiger partial charge in [0.25, 0.3) is 5.91 Å². The van der Waals surface area contributed by atoms with Crippen molar-refractivity contribution in [2.75, 3.05) is 13.7 Å². The summed E-state index contributed by atoms with van der Waals surface area (Å²) in [7, 11) is -0.586. The van der Waals surface area contributed by atoms with E-state index in [2.05, 4.69) is 56.5 Å². The molecule has 3 amide bonds. The zero-order chi connectivity index (χ0) is 34.8. The van der Waals surface area contributed by atoms with Crippen LogP contribution >= 0.6 is 0 Å². The molecule has 0 radical (unpaired) electrons. The molecular weight excluding hydrogens is 604 g/mol. The number of rotatable bonds is 16. The minimum absolute atomic E-state index is 0.0151. The van der Waals surface area contributed by atoms with Gasteiger partial charge in [-0.3, -0.25) is 24.2 Å². The first-order valence-electron chi connectivity index (χ1n) is 16.2. The van der Waals surface area contributed by atoms with Gasteiger partial charge in [0.15, 0.2) is 0 Å². The van der Waals surface area contributed by atoms with Crippen LogP contribution in [0, 0.1) is 11.8 Å². The third-order valence-electron chi connectivity index (χ3n) is 9.06. The number of nitrogens with one attached hydrogen (secondary N) is 3. The highest BCUT2D eigenvalue weighted by Gasteiger charge is 2.39. The van der Waals surface area contributed by atoms with Crippen molar-refractivity contribution >= 4 is 32.0 Å². The SMILES string of the molecule is C=CCC[C@@H](OC)[C@@H](C)C(=O)NC(C(=O)NC(Cc1cccc(O[Si](C)(C)C(C)(C)C)c1)C(=O)N1CCCC(C(=O)O)N1)C(C)C. The third kappa shape index (κ3) is 10.9. The van der Waals surface area contributed by atoms with Crippen LogP contribution in [0.1, 0.15) is 72.8 Å². The molecule has 0 saturated carbocycles. The van der Waals surface area contributed by atoms with Crippen LogP contribution in [-0.4, -0.2) is 80.0 Å². The Morgan fingerprint density at radius 2 is 1.83 bits per heavy atom. The fraction of sp³-hybridized carbons (Fsp3) is 0.647. The number of allylic oxidation sites excluding steroid dienone is 1. The van der Waals surface area contributed by atoms with E-state index in [1.165, 1.54) is 5.01 Å². The molecule has 0 spiro atoms. The molecule has 4 N–H and O–H groups in total. The van der Waals surface area contributed by atoms with Gasteiger partial charge in [0.2, 0.25) is 20.1 Å². The quantitative estimate of drug-likeness (QED) is 0.150. The maximum Gasteiger partial charge on any atom is 0.322 e. The summed E-state index contributed by atoms with van der Waals surface area (Å²) in [6.45, 7) is 20.2. The number of carboxylic acids is 1. The molecule has 258 valence electrons. The fourth-order valence-electron chi connectivity index (χ4n) is 5.03. The smallest absolute Gasteiger partial charge is 0.322 e. The van der Waals surface area contributed by atoms with Crippen LogP contribution in [-0.2, 0) is 30.3 Å². The minimum Gasteiger partial charge on any atom is -0.543 e. The lowest BCUT2D eigenvalue weighted by molar-refractivity contribution is -0.148. The summed E-state index contributed by atoms with van der Waals surface area (Å²) in [6, 6.07) is 4.63. The van der Waals surface area contributed by atoms with Crippen LogP contribution in [0.25, 0.3) is 0 Å². The molecule has 1 aromatic carbocycles. The normalized spacial score (nSPS) is 18.2. The zero-order valence-electron chi connectivity index (χ0n) is 29.1. The summed E-state index contributed by atoms with van der Waals surface area (Å²) in [5, 5.41) is 16.6. The Kier molecular flexibility index (Phi) is 14.5. The van der Waals surface area contributed by atoms with E-state index in [1.54, 1.807) is 20.1 Å². The lowest BCUT2D eigenvalue weighted by Crippen LogP contribution is -2.62. The van der Waals surface area contributed by atoms with Gasteiger partial charge in [-0.1, -0.05) is 59.8 Å². The second-order valence-electron chi connectivity index (χ2n) is 14.1. The number of hydrazine groups is 1. The number of hydrogen-bond acceptors (Lipinski definition) is 7. The maximum absolute atomic E-state index is 13.9. The highest BCUT2D eigenvalue weighted by Crippen LogP contribution is 2.37. The number of carbonyl (C=O) groups is 4. The molecule has 11 nitrogen and oxygen atoms in total. The Morgan fingerprint density at radius 1 is 1.15 bits per heavy atom. The molecule has 2 rings (SSSR count). The van der Waals surface area contributed by atoms with Gasteiger partial charge in [-0.05, 0) is 67.4 Å². The van der Waals surface area contributed by atoms with Gasteiger partial charge in [0.05, 0.1) is 12.0 Å². The lowest BCUT2D eigenvalue weighted by Gasteiger charge is -2.36. The summed E-state index contributed by atoms with van der Waals surface area (Å²) < 4.78 is 12.0. The van der Waals surface area contributed by atoms with Crippen molar-refractivity contribution in [1.82, 2.24) is 21.1 Å². The summed E-state index contributed by atoms with van der Waals surface area (Å²) in [5.74, 6) is -2.46. The Hall–Kier alpha value is -3.22. The Morgan fingerprint density at radius 3 is 2.39 bits per heavy atom. The molecule has 0 aromatic heterocycles. The number of methoxy groups -OCH3 is 1. The molecule has 12 heteroatoms. The van der Waals surface area contributed by atoms with Crippen molar-refractivity contribution in [3.05, 3.63) is 42.5 Å². The van der Waals surface area contributed by atoms with Gasteiger partial charge >= 0.3 is 5.97 Å². The Bertz CT molecular complexity index is 1220. The number of nitrogens with zero attached hydrogens (tertiary/aromatic N) is 1. The van der Waals surface area contributed by atoms with Crippen molar-refractivity contribution in [3.8, 4) is 5.75 Å². The number of amides is 3. The number of ether oxygens (including phenoxy) is 1. The van der Waals surface area contributed by atoms with E-state index in [0.717, 1.165) is 5.56 Å². The summed E-state index contributed by atoms with van der Waals surface area (Å²) in [6.07, 6.45) is 3.74. The first-order chi connectivity index (χ1) is 21.4. The number of carboxylic acid groups (broad SMARTS) is 1. The second-order valence-corrected chi connectivity index (χ2v) is 18.8. The molecule has 3 unspecified atom stereocenters. The first-order valence-corrected chi connectivity index (χ1v) is 19.1.